The van der Waals surface area contributed by atoms with E-state index < -0.39 is 10.0 Å². The second kappa shape index (κ2) is 6.47. The minimum atomic E-state index is -3.45. The van der Waals surface area contributed by atoms with Crippen LogP contribution in [0.3, 0.4) is 0 Å². The number of hydrogen-bond donors (Lipinski definition) is 2. The van der Waals surface area contributed by atoms with E-state index in [0.717, 1.165) is 16.9 Å². The molecule has 0 fully saturated rings. The summed E-state index contributed by atoms with van der Waals surface area (Å²) >= 11 is 0. The maximum Gasteiger partial charge on any atom is 0.240 e. The van der Waals surface area contributed by atoms with E-state index in [0.29, 0.717) is 25.0 Å². The Labute approximate surface area is 135 Å². The molecule has 120 valence electrons. The Hall–Kier alpha value is -2.25. The van der Waals surface area contributed by atoms with Gasteiger partial charge in [-0.15, -0.1) is 0 Å². The molecule has 1 aromatic carbocycles. The van der Waals surface area contributed by atoms with Gasteiger partial charge in [0.2, 0.25) is 10.0 Å². The van der Waals surface area contributed by atoms with E-state index in [1.165, 1.54) is 0 Å². The van der Waals surface area contributed by atoms with E-state index in [-0.39, 0.29) is 4.90 Å². The largest absolute Gasteiger partial charge is 0.341 e. The highest BCUT2D eigenvalue weighted by molar-refractivity contribution is 7.89. The first-order valence-corrected chi connectivity index (χ1v) is 8.89. The van der Waals surface area contributed by atoms with Crippen molar-refractivity contribution in [2.24, 2.45) is 0 Å². The fourth-order valence-corrected chi connectivity index (χ4v) is 3.35. The van der Waals surface area contributed by atoms with Crippen LogP contribution in [-0.4, -0.2) is 29.9 Å². The minimum Gasteiger partial charge on any atom is -0.341 e. The lowest BCUT2D eigenvalue weighted by Crippen LogP contribution is -2.25. The molecule has 3 rings (SSSR count). The third-order valence-electron chi connectivity index (χ3n) is 3.52. The number of rotatable bonds is 6. The molecule has 0 amide bonds. The molecule has 0 aliphatic carbocycles. The maximum absolute atomic E-state index is 12.2. The molecule has 0 saturated carbocycles. The number of hydrogen-bond acceptors (Lipinski definition) is 4. The predicted octanol–water partition coefficient (Wildman–Crippen LogP) is 2.18. The molecule has 23 heavy (non-hydrogen) atoms. The van der Waals surface area contributed by atoms with E-state index in [1.807, 2.05) is 19.1 Å². The molecule has 0 spiro atoms. The van der Waals surface area contributed by atoms with Crippen molar-refractivity contribution < 1.29 is 8.42 Å². The number of aromatic amines is 1. The number of benzene rings is 1. The molecule has 0 atom stereocenters. The zero-order valence-electron chi connectivity index (χ0n) is 12.8. The van der Waals surface area contributed by atoms with E-state index in [4.69, 9.17) is 0 Å². The molecule has 0 radical (unpaired) electrons. The van der Waals surface area contributed by atoms with Crippen molar-refractivity contribution in [3.63, 3.8) is 0 Å². The summed E-state index contributed by atoms with van der Waals surface area (Å²) in [5.74, 6) is 0.813. The molecule has 0 aliphatic rings. The lowest BCUT2D eigenvalue weighted by molar-refractivity contribution is 0.578. The van der Waals surface area contributed by atoms with Crippen LogP contribution >= 0.6 is 0 Å². The summed E-state index contributed by atoms with van der Waals surface area (Å²) in [5.41, 5.74) is 2.60. The number of imidazole rings is 1. The van der Waals surface area contributed by atoms with Crippen LogP contribution in [-0.2, 0) is 16.4 Å². The van der Waals surface area contributed by atoms with Crippen LogP contribution in [0, 0.1) is 6.92 Å². The van der Waals surface area contributed by atoms with Gasteiger partial charge in [-0.25, -0.2) is 23.1 Å². The quantitative estimate of drug-likeness (QED) is 0.678. The van der Waals surface area contributed by atoms with Crippen LogP contribution in [0.2, 0.25) is 0 Å². The molecule has 3 aromatic rings. The van der Waals surface area contributed by atoms with E-state index >= 15 is 0 Å². The Morgan fingerprint density at radius 3 is 2.70 bits per heavy atom. The Balaban J connectivity index is 1.55. The zero-order chi connectivity index (χ0) is 16.3. The summed E-state index contributed by atoms with van der Waals surface area (Å²) in [4.78, 5) is 12.0. The average molecular weight is 330 g/mol. The van der Waals surface area contributed by atoms with E-state index in [9.17, 15) is 8.42 Å². The van der Waals surface area contributed by atoms with Gasteiger partial charge in [0, 0.05) is 19.2 Å². The number of H-pyrrole nitrogens is 1. The highest BCUT2D eigenvalue weighted by Crippen LogP contribution is 2.11. The average Bonchev–Trinajstić information content (AvgIpc) is 2.95. The lowest BCUT2D eigenvalue weighted by atomic mass is 10.2. The topological polar surface area (TPSA) is 87.7 Å². The van der Waals surface area contributed by atoms with Gasteiger partial charge < -0.3 is 4.98 Å². The first kappa shape index (κ1) is 15.6. The van der Waals surface area contributed by atoms with Crippen LogP contribution < -0.4 is 4.72 Å². The summed E-state index contributed by atoms with van der Waals surface area (Å²) in [6.45, 7) is 2.28. The molecule has 0 saturated heterocycles. The molecule has 0 aliphatic heterocycles. The number of nitrogens with zero attached hydrogens (tertiary/aromatic N) is 2. The van der Waals surface area contributed by atoms with Crippen molar-refractivity contribution in [2.75, 3.05) is 6.54 Å². The third-order valence-corrected chi connectivity index (χ3v) is 5.00. The molecule has 0 bridgehead atoms. The molecule has 2 heterocycles. The van der Waals surface area contributed by atoms with Crippen LogP contribution in [0.25, 0.3) is 11.2 Å². The van der Waals surface area contributed by atoms with Gasteiger partial charge in [-0.1, -0.05) is 17.7 Å². The van der Waals surface area contributed by atoms with Crippen molar-refractivity contribution >= 4 is 21.2 Å². The van der Waals surface area contributed by atoms with Crippen molar-refractivity contribution in [1.29, 1.82) is 0 Å². The fraction of sp³-hybridized carbons (Fsp3) is 0.250. The summed E-state index contributed by atoms with van der Waals surface area (Å²) in [6, 6.07) is 10.6. The van der Waals surface area contributed by atoms with Gasteiger partial charge >= 0.3 is 0 Å². The molecular formula is C16H18N4O2S. The standard InChI is InChI=1S/C16H18N4O2S/c1-12-6-8-13(9-7-12)23(21,22)18-11-3-5-15-19-14-4-2-10-17-16(14)20-15/h2,4,6-10,18H,3,5,11H2,1H3,(H,17,19,20). The van der Waals surface area contributed by atoms with Gasteiger partial charge in [-0.05, 0) is 37.6 Å². The van der Waals surface area contributed by atoms with Crippen LogP contribution in [0.1, 0.15) is 17.8 Å². The fourth-order valence-electron chi connectivity index (χ4n) is 2.28. The molecule has 2 aromatic heterocycles. The normalized spacial score (nSPS) is 11.9. The minimum absolute atomic E-state index is 0.288. The van der Waals surface area contributed by atoms with Crippen molar-refractivity contribution in [2.45, 2.75) is 24.7 Å². The van der Waals surface area contributed by atoms with Gasteiger partial charge in [0.05, 0.1) is 10.4 Å². The Kier molecular flexibility index (Phi) is 4.40. The molecule has 7 heteroatoms. The van der Waals surface area contributed by atoms with Crippen LogP contribution in [0.5, 0.6) is 0 Å². The Morgan fingerprint density at radius 1 is 1.17 bits per heavy atom. The number of aromatic nitrogens is 3. The third kappa shape index (κ3) is 3.75. The van der Waals surface area contributed by atoms with Crippen molar-refractivity contribution in [3.05, 3.63) is 54.0 Å². The van der Waals surface area contributed by atoms with Crippen LogP contribution in [0.15, 0.2) is 47.5 Å². The number of pyridine rings is 1. The molecule has 0 unspecified atom stereocenters. The van der Waals surface area contributed by atoms with Crippen LogP contribution in [0.4, 0.5) is 0 Å². The SMILES string of the molecule is Cc1ccc(S(=O)(=O)NCCCc2nc3ncccc3[nH]2)cc1. The van der Waals surface area contributed by atoms with Gasteiger partial charge in [-0.3, -0.25) is 0 Å². The smallest absolute Gasteiger partial charge is 0.240 e. The first-order valence-electron chi connectivity index (χ1n) is 7.40. The van der Waals surface area contributed by atoms with Crippen molar-refractivity contribution in [3.8, 4) is 0 Å². The van der Waals surface area contributed by atoms with Crippen molar-refractivity contribution in [1.82, 2.24) is 19.7 Å². The highest BCUT2D eigenvalue weighted by Gasteiger charge is 2.12. The maximum atomic E-state index is 12.2. The Morgan fingerprint density at radius 2 is 1.96 bits per heavy atom. The summed E-state index contributed by atoms with van der Waals surface area (Å²) < 4.78 is 26.9. The second-order valence-electron chi connectivity index (χ2n) is 5.37. The number of nitrogens with one attached hydrogen (secondary N) is 2. The summed E-state index contributed by atoms with van der Waals surface area (Å²) in [6.07, 6.45) is 3.01. The second-order valence-corrected chi connectivity index (χ2v) is 7.14. The van der Waals surface area contributed by atoms with Gasteiger partial charge in [0.25, 0.3) is 0 Å². The van der Waals surface area contributed by atoms with Gasteiger partial charge in [0.1, 0.15) is 5.82 Å². The Bertz CT molecular complexity index is 868. The summed E-state index contributed by atoms with van der Waals surface area (Å²) in [7, 11) is -3.45. The molecule has 6 nitrogen and oxygen atoms in total. The monoisotopic (exact) mass is 330 g/mol. The number of sulfonamides is 1. The number of aryl methyl sites for hydroxylation is 2. The predicted molar refractivity (Wildman–Crippen MR) is 88.6 cm³/mol. The molecular weight excluding hydrogens is 312 g/mol. The lowest BCUT2D eigenvalue weighted by Gasteiger charge is -2.06. The number of fused-ring (bicyclic) bond motifs is 1. The summed E-state index contributed by atoms with van der Waals surface area (Å²) in [5, 5.41) is 0. The molecule has 2 N–H and O–H groups in total. The highest BCUT2D eigenvalue weighted by atomic mass is 32.2. The van der Waals surface area contributed by atoms with Gasteiger partial charge in [0.15, 0.2) is 5.65 Å². The zero-order valence-corrected chi connectivity index (χ0v) is 13.6. The van der Waals surface area contributed by atoms with E-state index in [1.54, 1.807) is 30.5 Å². The first-order chi connectivity index (χ1) is 11.0. The van der Waals surface area contributed by atoms with E-state index in [2.05, 4.69) is 19.7 Å². The van der Waals surface area contributed by atoms with Gasteiger partial charge in [-0.2, -0.15) is 0 Å².